The molecule has 2 aromatic heterocycles. The summed E-state index contributed by atoms with van der Waals surface area (Å²) in [5, 5.41) is 7.73. The van der Waals surface area contributed by atoms with Gasteiger partial charge in [0.1, 0.15) is 0 Å². The molecule has 0 saturated carbocycles. The number of nitrogens with zero attached hydrogens (tertiary/aromatic N) is 4. The molecule has 4 nitrogen and oxygen atoms in total. The van der Waals surface area contributed by atoms with E-state index >= 15 is 0 Å². The number of aromatic nitrogens is 3. The lowest BCUT2D eigenvalue weighted by molar-refractivity contribution is 0.729. The first-order valence-corrected chi connectivity index (χ1v) is 26.0. The van der Waals surface area contributed by atoms with Crippen molar-refractivity contribution in [2.75, 3.05) is 4.90 Å². The summed E-state index contributed by atoms with van der Waals surface area (Å²) in [5.74, 6) is 0.613. The van der Waals surface area contributed by atoms with E-state index in [-0.39, 0.29) is 0 Å². The van der Waals surface area contributed by atoms with E-state index in [4.69, 9.17) is 9.97 Å². The van der Waals surface area contributed by atoms with Gasteiger partial charge in [-0.25, -0.2) is 9.97 Å². The Kier molecular flexibility index (Phi) is 10.0. The Morgan fingerprint density at radius 2 is 0.886 bits per heavy atom. The molecule has 0 unspecified atom stereocenters. The number of anilines is 3. The molecule has 0 bridgehead atoms. The molecule has 13 rings (SSSR count). The first kappa shape index (κ1) is 41.3. The van der Waals surface area contributed by atoms with Crippen molar-refractivity contribution >= 4 is 67.9 Å². The van der Waals surface area contributed by atoms with Gasteiger partial charge in [-0.2, -0.15) is 20.7 Å². The largest absolute Gasteiger partial charge is 0.309 e. The first-order valence-electron chi connectivity index (χ1n) is 24.0. The third-order valence-corrected chi connectivity index (χ3v) is 19.3. The van der Waals surface area contributed by atoms with Crippen LogP contribution in [0.15, 0.2) is 279 Å². The van der Waals surface area contributed by atoms with Gasteiger partial charge in [0.05, 0.1) is 33.5 Å². The molecule has 331 valence electrons. The molecule has 0 N–H and O–H groups in total. The van der Waals surface area contributed by atoms with Crippen molar-refractivity contribution in [3.63, 3.8) is 0 Å². The zero-order valence-electron chi connectivity index (χ0n) is 38.3. The Labute approximate surface area is 409 Å². The summed E-state index contributed by atoms with van der Waals surface area (Å²) in [4.78, 5) is 12.9. The fourth-order valence-corrected chi connectivity index (χ4v) is 16.4. The molecule has 70 heavy (non-hydrogen) atoms. The lowest BCUT2D eigenvalue weighted by atomic mass is 9.62. The van der Waals surface area contributed by atoms with Crippen LogP contribution in [0.25, 0.3) is 38.8 Å². The smallest absolute Gasteiger partial charge is 0.235 e. The SMILES string of the molecule is c1ccc(-n2c3ccccc3c3ccc(C4(c5ccccc5)c5ccccc5N(c5nccc(-c6cccc([Si-](c7ccccc7)(c7ccccc7)c7ccccc7)c6)n5)c5ccccc54)cc32)cc1. The number of benzene rings is 10. The molecule has 1 aliphatic heterocycles. The highest BCUT2D eigenvalue weighted by atomic mass is 28.3. The highest BCUT2D eigenvalue weighted by Crippen LogP contribution is 2.57. The van der Waals surface area contributed by atoms with Gasteiger partial charge in [0.2, 0.25) is 5.95 Å². The number of fused-ring (bicyclic) bond motifs is 5. The van der Waals surface area contributed by atoms with E-state index in [9.17, 15) is 0 Å². The van der Waals surface area contributed by atoms with Crippen LogP contribution in [-0.4, -0.2) is 22.6 Å². The highest BCUT2D eigenvalue weighted by Gasteiger charge is 2.47. The molecule has 0 amide bonds. The van der Waals surface area contributed by atoms with Gasteiger partial charge in [0.15, 0.2) is 0 Å². The van der Waals surface area contributed by atoms with E-state index in [1.165, 1.54) is 48.2 Å². The Bertz CT molecular complexity index is 3690. The topological polar surface area (TPSA) is 34.0 Å². The van der Waals surface area contributed by atoms with Crippen LogP contribution in [0.1, 0.15) is 22.3 Å². The van der Waals surface area contributed by atoms with Crippen LogP contribution >= 0.6 is 0 Å². The van der Waals surface area contributed by atoms with Crippen molar-refractivity contribution in [3.05, 3.63) is 301 Å². The third kappa shape index (κ3) is 6.36. The Hall–Kier alpha value is -8.90. The predicted molar refractivity (Wildman–Crippen MR) is 292 cm³/mol. The van der Waals surface area contributed by atoms with E-state index in [1.807, 2.05) is 6.20 Å². The molecule has 5 heteroatoms. The quantitative estimate of drug-likeness (QED) is 0.107. The van der Waals surface area contributed by atoms with E-state index in [0.717, 1.165) is 45.0 Å². The van der Waals surface area contributed by atoms with Gasteiger partial charge in [-0.05, 0) is 78.4 Å². The average molecular weight is 911 g/mol. The summed E-state index contributed by atoms with van der Waals surface area (Å²) in [6.45, 7) is 0. The molecule has 0 fully saturated rings. The second-order valence-corrected chi connectivity index (χ2v) is 21.9. The van der Waals surface area contributed by atoms with Crippen molar-refractivity contribution in [2.45, 2.75) is 5.41 Å². The molecular weight excluding hydrogens is 865 g/mol. The van der Waals surface area contributed by atoms with Crippen molar-refractivity contribution in [1.29, 1.82) is 0 Å². The molecule has 12 aromatic rings. The summed E-state index contributed by atoms with van der Waals surface area (Å²) < 4.78 is 2.42. The fraction of sp³-hybridized carbons (Fsp3) is 0.0154. The van der Waals surface area contributed by atoms with Crippen molar-refractivity contribution in [3.8, 4) is 16.9 Å². The van der Waals surface area contributed by atoms with Gasteiger partial charge in [0, 0.05) is 22.7 Å². The van der Waals surface area contributed by atoms with Gasteiger partial charge in [-0.1, -0.05) is 231 Å². The summed E-state index contributed by atoms with van der Waals surface area (Å²) in [6, 6.07) is 99.7. The molecule has 0 saturated heterocycles. The molecule has 1 aliphatic rings. The number of hydrogen-bond acceptors (Lipinski definition) is 3. The summed E-state index contributed by atoms with van der Waals surface area (Å²) in [5.41, 5.74) is 11.4. The van der Waals surface area contributed by atoms with Crippen LogP contribution in [0, 0.1) is 0 Å². The first-order chi connectivity index (χ1) is 34.7. The predicted octanol–water partition coefficient (Wildman–Crippen LogP) is 12.8. The van der Waals surface area contributed by atoms with Gasteiger partial charge in [-0.3, -0.25) is 4.90 Å². The van der Waals surface area contributed by atoms with Gasteiger partial charge < -0.3 is 4.57 Å². The van der Waals surface area contributed by atoms with Crippen LogP contribution in [0.5, 0.6) is 0 Å². The molecule has 10 aromatic carbocycles. The maximum Gasteiger partial charge on any atom is 0.235 e. The minimum atomic E-state index is -2.79. The minimum absolute atomic E-state index is 0.613. The summed E-state index contributed by atoms with van der Waals surface area (Å²) >= 11 is 0. The van der Waals surface area contributed by atoms with Crippen LogP contribution < -0.4 is 25.6 Å². The Morgan fingerprint density at radius 3 is 1.51 bits per heavy atom. The van der Waals surface area contributed by atoms with E-state index in [1.54, 1.807) is 0 Å². The van der Waals surface area contributed by atoms with E-state index in [0.29, 0.717) is 5.95 Å². The second-order valence-electron chi connectivity index (χ2n) is 18.1. The van der Waals surface area contributed by atoms with Gasteiger partial charge in [0.25, 0.3) is 0 Å². The average Bonchev–Trinajstić information content (AvgIpc) is 3.78. The molecule has 0 spiro atoms. The van der Waals surface area contributed by atoms with Crippen LogP contribution in [0.2, 0.25) is 0 Å². The number of hydrogen-bond donors (Lipinski definition) is 0. The van der Waals surface area contributed by atoms with Crippen LogP contribution in [0.4, 0.5) is 17.3 Å². The third-order valence-electron chi connectivity index (χ3n) is 14.5. The maximum atomic E-state index is 5.54. The Morgan fingerprint density at radius 1 is 0.371 bits per heavy atom. The lowest BCUT2D eigenvalue weighted by Crippen LogP contribution is -2.74. The Balaban J connectivity index is 1.01. The number of rotatable bonds is 9. The summed E-state index contributed by atoms with van der Waals surface area (Å²) in [6.07, 6.45) is 1.92. The van der Waals surface area contributed by atoms with Gasteiger partial charge in [-0.15, -0.1) is 0 Å². The van der Waals surface area contributed by atoms with E-state index in [2.05, 4.69) is 282 Å². The van der Waals surface area contributed by atoms with Crippen molar-refractivity contribution in [2.24, 2.45) is 0 Å². The van der Waals surface area contributed by atoms with Crippen LogP contribution in [0.3, 0.4) is 0 Å². The molecule has 0 aliphatic carbocycles. The van der Waals surface area contributed by atoms with Gasteiger partial charge >= 0.3 is 0 Å². The molecule has 0 radical (unpaired) electrons. The zero-order valence-corrected chi connectivity index (χ0v) is 39.3. The van der Waals surface area contributed by atoms with Crippen molar-refractivity contribution in [1.82, 2.24) is 14.5 Å². The van der Waals surface area contributed by atoms with E-state index < -0.39 is 13.5 Å². The monoisotopic (exact) mass is 910 g/mol. The fourth-order valence-electron chi connectivity index (χ4n) is 11.6. The summed E-state index contributed by atoms with van der Waals surface area (Å²) in [7, 11) is -2.79. The maximum absolute atomic E-state index is 5.54. The molecular formula is C65H46N4Si-. The highest BCUT2D eigenvalue weighted by molar-refractivity contribution is 7.19. The lowest BCUT2D eigenvalue weighted by Gasteiger charge is -2.47. The number of para-hydroxylation sites is 4. The van der Waals surface area contributed by atoms with Crippen LogP contribution in [-0.2, 0) is 5.41 Å². The molecule has 0 atom stereocenters. The second kappa shape index (κ2) is 17.0. The zero-order chi connectivity index (χ0) is 46.5. The minimum Gasteiger partial charge on any atom is -0.309 e. The van der Waals surface area contributed by atoms with Crippen molar-refractivity contribution < 1.29 is 0 Å². The molecule has 3 heterocycles. The standard InChI is InChI=1S/C65H46N4Si/c1-6-24-48(25-7-1)65(49-41-42-56-55-35-16-19-38-60(55)68(63(56)46-49)50-26-8-2-9-27-50)57-36-17-20-39-61(57)69(62-40-21-18-37-58(62)65)64-66-44-43-59(67-64)47-23-22-34-54(45-47)70(51-28-10-3-11-29-51,52-30-12-4-13-31-52)53-32-14-5-15-33-53/h1-46H/q-1. The normalized spacial score (nSPS) is 12.9.